The monoisotopic (exact) mass is 598 g/mol. The van der Waals surface area contributed by atoms with Gasteiger partial charge in [-0.3, -0.25) is 19.3 Å². The van der Waals surface area contributed by atoms with Crippen molar-refractivity contribution in [2.45, 2.75) is 51.8 Å². The number of methoxy groups -OCH3 is 2. The Hall–Kier alpha value is -3.41. The number of hydrogen-bond donors (Lipinski definition) is 1. The fourth-order valence-electron chi connectivity index (χ4n) is 5.19. The third-order valence-electron chi connectivity index (χ3n) is 7.29. The molecular formula is C31H42N4O6S. The lowest BCUT2D eigenvalue weighted by atomic mass is 10.0. The van der Waals surface area contributed by atoms with E-state index < -0.39 is 5.60 Å². The van der Waals surface area contributed by atoms with E-state index in [1.165, 1.54) is 15.9 Å². The van der Waals surface area contributed by atoms with E-state index in [0.717, 1.165) is 47.3 Å². The molecule has 0 atom stereocenters. The summed E-state index contributed by atoms with van der Waals surface area (Å²) in [6, 6.07) is 5.62. The molecule has 1 amide bonds. The summed E-state index contributed by atoms with van der Waals surface area (Å²) in [5, 5.41) is 3.65. The molecule has 3 heterocycles. The molecule has 0 unspecified atom stereocenters. The summed E-state index contributed by atoms with van der Waals surface area (Å²) in [4.78, 5) is 43.3. The number of aromatic nitrogens is 1. The van der Waals surface area contributed by atoms with Crippen LogP contribution in [0.2, 0.25) is 0 Å². The minimum Gasteiger partial charge on any atom is -0.496 e. The number of likely N-dealkylation sites (N-methyl/N-ethyl adjacent to an activating group) is 1. The number of thiophene rings is 1. The summed E-state index contributed by atoms with van der Waals surface area (Å²) >= 11 is 1.31. The highest BCUT2D eigenvalue weighted by Gasteiger charge is 2.24. The second kappa shape index (κ2) is 12.8. The Balaban J connectivity index is 1.67. The van der Waals surface area contributed by atoms with Crippen LogP contribution in [0.25, 0.3) is 21.2 Å². The quantitative estimate of drug-likeness (QED) is 0.371. The fourth-order valence-corrected chi connectivity index (χ4v) is 6.28. The summed E-state index contributed by atoms with van der Waals surface area (Å²) in [5.74, 6) is 0.691. The minimum absolute atomic E-state index is 0.102. The van der Waals surface area contributed by atoms with E-state index in [1.807, 2.05) is 44.9 Å². The van der Waals surface area contributed by atoms with Gasteiger partial charge in [0.2, 0.25) is 0 Å². The van der Waals surface area contributed by atoms with Gasteiger partial charge in [0.1, 0.15) is 17.1 Å². The number of pyridine rings is 1. The smallest absolute Gasteiger partial charge is 0.320 e. The Morgan fingerprint density at radius 1 is 1.07 bits per heavy atom. The molecule has 10 nitrogen and oxygen atoms in total. The highest BCUT2D eigenvalue weighted by molar-refractivity contribution is 7.21. The average molecular weight is 599 g/mol. The van der Waals surface area contributed by atoms with Crippen molar-refractivity contribution >= 4 is 33.3 Å². The molecule has 3 aromatic rings. The number of amides is 1. The van der Waals surface area contributed by atoms with E-state index >= 15 is 0 Å². The lowest BCUT2D eigenvalue weighted by Crippen LogP contribution is -2.43. The van der Waals surface area contributed by atoms with Gasteiger partial charge in [-0.25, -0.2) is 0 Å². The lowest BCUT2D eigenvalue weighted by Gasteiger charge is -2.29. The fraction of sp³-hybridized carbons (Fsp3) is 0.516. The van der Waals surface area contributed by atoms with Crippen molar-refractivity contribution in [2.24, 2.45) is 7.05 Å². The van der Waals surface area contributed by atoms with Crippen molar-refractivity contribution in [3.63, 3.8) is 0 Å². The third-order valence-corrected chi connectivity index (χ3v) is 8.46. The molecule has 2 aromatic heterocycles. The predicted octanol–water partition coefficient (Wildman–Crippen LogP) is 3.88. The van der Waals surface area contributed by atoms with Gasteiger partial charge in [0, 0.05) is 36.1 Å². The number of nitrogens with zero attached hydrogens (tertiary/aromatic N) is 3. The van der Waals surface area contributed by atoms with Crippen LogP contribution in [0.15, 0.2) is 29.2 Å². The molecular weight excluding hydrogens is 556 g/mol. The van der Waals surface area contributed by atoms with Crippen LogP contribution < -0.4 is 20.3 Å². The number of esters is 1. The molecule has 0 spiro atoms. The van der Waals surface area contributed by atoms with Gasteiger partial charge in [0.25, 0.3) is 11.5 Å². The molecule has 1 N–H and O–H groups in total. The average Bonchev–Trinajstić information content (AvgIpc) is 3.37. The predicted molar refractivity (Wildman–Crippen MR) is 166 cm³/mol. The van der Waals surface area contributed by atoms with Crippen LogP contribution in [0, 0.1) is 0 Å². The first-order valence-electron chi connectivity index (χ1n) is 14.1. The molecule has 1 saturated heterocycles. The molecule has 1 aliphatic rings. The molecule has 0 aliphatic carbocycles. The number of carbonyl (C=O) groups excluding carboxylic acids is 2. The molecule has 4 rings (SSSR count). The van der Waals surface area contributed by atoms with E-state index in [2.05, 4.69) is 17.3 Å². The second-order valence-electron chi connectivity index (χ2n) is 12.0. The van der Waals surface area contributed by atoms with Crippen LogP contribution in [0.3, 0.4) is 0 Å². The van der Waals surface area contributed by atoms with Gasteiger partial charge in [-0.05, 0) is 84.6 Å². The number of rotatable bonds is 9. The van der Waals surface area contributed by atoms with E-state index in [-0.39, 0.29) is 30.0 Å². The van der Waals surface area contributed by atoms with E-state index in [0.29, 0.717) is 28.3 Å². The van der Waals surface area contributed by atoms with Crippen molar-refractivity contribution in [1.82, 2.24) is 19.7 Å². The normalized spacial score (nSPS) is 14.8. The molecule has 42 heavy (non-hydrogen) atoms. The van der Waals surface area contributed by atoms with Crippen molar-refractivity contribution in [2.75, 3.05) is 47.9 Å². The van der Waals surface area contributed by atoms with Crippen LogP contribution in [-0.2, 0) is 23.1 Å². The van der Waals surface area contributed by atoms with E-state index in [4.69, 9.17) is 14.2 Å². The van der Waals surface area contributed by atoms with Crippen LogP contribution in [-0.4, -0.2) is 85.8 Å². The van der Waals surface area contributed by atoms with Crippen molar-refractivity contribution in [3.8, 4) is 22.6 Å². The number of aryl methyl sites for hydroxylation is 1. The van der Waals surface area contributed by atoms with Crippen molar-refractivity contribution in [1.29, 1.82) is 0 Å². The number of likely N-dealkylation sites (tertiary alicyclic amines) is 1. The molecule has 0 bridgehead atoms. The van der Waals surface area contributed by atoms with Crippen LogP contribution in [0.1, 0.15) is 48.8 Å². The third kappa shape index (κ3) is 7.32. The largest absolute Gasteiger partial charge is 0.496 e. The first-order valence-corrected chi connectivity index (χ1v) is 14.9. The highest BCUT2D eigenvalue weighted by Crippen LogP contribution is 2.40. The van der Waals surface area contributed by atoms with Crippen molar-refractivity contribution < 1.29 is 23.8 Å². The summed E-state index contributed by atoms with van der Waals surface area (Å²) in [7, 11) is 8.79. The number of ether oxygens (including phenoxy) is 3. The molecule has 228 valence electrons. The van der Waals surface area contributed by atoms with E-state index in [1.54, 1.807) is 33.5 Å². The first kappa shape index (κ1) is 31.5. The van der Waals surface area contributed by atoms with Gasteiger partial charge < -0.3 is 29.0 Å². The van der Waals surface area contributed by atoms with E-state index in [9.17, 15) is 14.4 Å². The standard InChI is InChI=1S/C31H42N4O6S/c1-31(2,3)41-27(36)18-34(5)16-23-24(39-7)13-19(14-25(23)40-8)22-17-35(6)30(38)21-15-26(42-28(21)22)29(37)32-20-9-11-33(4)12-10-20/h13-15,17,20H,9-12,16,18H2,1-8H3,(H,32,37). The Morgan fingerprint density at radius 2 is 1.69 bits per heavy atom. The summed E-state index contributed by atoms with van der Waals surface area (Å²) in [6.07, 6.45) is 3.58. The second-order valence-corrected chi connectivity index (χ2v) is 13.0. The van der Waals surface area contributed by atoms with Crippen molar-refractivity contribution in [3.05, 3.63) is 45.2 Å². The number of piperidine rings is 1. The van der Waals surface area contributed by atoms with Crippen LogP contribution in [0.4, 0.5) is 0 Å². The molecule has 0 saturated carbocycles. The number of fused-ring (bicyclic) bond motifs is 1. The zero-order valence-electron chi connectivity index (χ0n) is 25.8. The topological polar surface area (TPSA) is 102 Å². The summed E-state index contributed by atoms with van der Waals surface area (Å²) in [5.41, 5.74) is 1.63. The Labute approximate surface area is 251 Å². The maximum absolute atomic E-state index is 13.2. The summed E-state index contributed by atoms with van der Waals surface area (Å²) in [6.45, 7) is 7.89. The lowest BCUT2D eigenvalue weighted by molar-refractivity contribution is -0.155. The van der Waals surface area contributed by atoms with Gasteiger partial charge in [0.05, 0.1) is 36.6 Å². The Morgan fingerprint density at radius 3 is 2.26 bits per heavy atom. The number of nitrogens with one attached hydrogen (secondary N) is 1. The Bertz CT molecular complexity index is 1490. The SMILES string of the molecule is COc1cc(-c2cn(C)c(=O)c3cc(C(=O)NC4CCN(C)CC4)sc23)cc(OC)c1CN(C)CC(=O)OC(C)(C)C. The van der Waals surface area contributed by atoms with Crippen LogP contribution in [0.5, 0.6) is 11.5 Å². The minimum atomic E-state index is -0.564. The van der Waals surface area contributed by atoms with Gasteiger partial charge in [0.15, 0.2) is 0 Å². The number of benzene rings is 1. The highest BCUT2D eigenvalue weighted by atomic mass is 32.1. The maximum atomic E-state index is 13.2. The first-order chi connectivity index (χ1) is 19.8. The molecule has 1 fully saturated rings. The molecule has 1 aliphatic heterocycles. The van der Waals surface area contributed by atoms with Gasteiger partial charge >= 0.3 is 5.97 Å². The zero-order valence-corrected chi connectivity index (χ0v) is 26.6. The molecule has 0 radical (unpaired) electrons. The van der Waals surface area contributed by atoms with Gasteiger partial charge in [-0.1, -0.05) is 0 Å². The molecule has 1 aromatic carbocycles. The molecule has 11 heteroatoms. The van der Waals surface area contributed by atoms with Gasteiger partial charge in [-0.15, -0.1) is 11.3 Å². The number of carbonyl (C=O) groups is 2. The zero-order chi connectivity index (χ0) is 30.8. The number of hydrogen-bond acceptors (Lipinski definition) is 9. The van der Waals surface area contributed by atoms with Gasteiger partial charge in [-0.2, -0.15) is 0 Å². The Kier molecular flexibility index (Phi) is 9.64. The summed E-state index contributed by atoms with van der Waals surface area (Å²) < 4.78 is 19.3. The van der Waals surface area contributed by atoms with Crippen LogP contribution >= 0.6 is 11.3 Å². The maximum Gasteiger partial charge on any atom is 0.320 e.